The topological polar surface area (TPSA) is 45.4 Å². The normalized spacial score (nSPS) is 11.4. The van der Waals surface area contributed by atoms with Gasteiger partial charge in [0.25, 0.3) is 0 Å². The fraction of sp³-hybridized carbons (Fsp3) is 0.200. The standard InChI is InChI=1S/C15H15NO2/c17-8-7-16-10-11-5-6-15-13(9-11)12-3-1-2-4-14(12)18-15/h1-6,9,16-17H,7-8,10H2. The molecule has 0 radical (unpaired) electrons. The third kappa shape index (κ3) is 1.98. The summed E-state index contributed by atoms with van der Waals surface area (Å²) < 4.78 is 5.77. The number of nitrogens with one attached hydrogen (secondary N) is 1. The monoisotopic (exact) mass is 241 g/mol. The third-order valence-corrected chi connectivity index (χ3v) is 3.06. The van der Waals surface area contributed by atoms with Crippen LogP contribution in [0.1, 0.15) is 5.56 Å². The molecule has 3 heteroatoms. The lowest BCUT2D eigenvalue weighted by Gasteiger charge is -2.02. The molecular formula is C15H15NO2. The first-order valence-electron chi connectivity index (χ1n) is 6.10. The predicted molar refractivity (Wildman–Crippen MR) is 72.5 cm³/mol. The van der Waals surface area contributed by atoms with Gasteiger partial charge in [-0.2, -0.15) is 0 Å². The van der Waals surface area contributed by atoms with Gasteiger partial charge in [0.1, 0.15) is 11.2 Å². The molecule has 0 fully saturated rings. The largest absolute Gasteiger partial charge is 0.456 e. The molecule has 1 aromatic heterocycles. The lowest BCUT2D eigenvalue weighted by atomic mass is 10.1. The van der Waals surface area contributed by atoms with Crippen molar-refractivity contribution in [2.24, 2.45) is 0 Å². The average molecular weight is 241 g/mol. The number of aliphatic hydroxyl groups excluding tert-OH is 1. The molecule has 18 heavy (non-hydrogen) atoms. The maximum atomic E-state index is 8.75. The molecule has 2 aromatic carbocycles. The van der Waals surface area contributed by atoms with Gasteiger partial charge < -0.3 is 14.8 Å². The second kappa shape index (κ2) is 4.80. The van der Waals surface area contributed by atoms with Crippen molar-refractivity contribution in [2.75, 3.05) is 13.2 Å². The van der Waals surface area contributed by atoms with Crippen LogP contribution in [-0.4, -0.2) is 18.3 Å². The highest BCUT2D eigenvalue weighted by Gasteiger charge is 2.06. The maximum absolute atomic E-state index is 8.75. The summed E-state index contributed by atoms with van der Waals surface area (Å²) in [6.07, 6.45) is 0. The van der Waals surface area contributed by atoms with Crippen LogP contribution in [0.4, 0.5) is 0 Å². The molecule has 1 heterocycles. The molecule has 0 spiro atoms. The first-order valence-corrected chi connectivity index (χ1v) is 6.10. The van der Waals surface area contributed by atoms with Gasteiger partial charge in [-0.25, -0.2) is 0 Å². The lowest BCUT2D eigenvalue weighted by molar-refractivity contribution is 0.292. The Kier molecular flexibility index (Phi) is 3.00. The van der Waals surface area contributed by atoms with Crippen molar-refractivity contribution in [3.63, 3.8) is 0 Å². The summed E-state index contributed by atoms with van der Waals surface area (Å²) >= 11 is 0. The summed E-state index contributed by atoms with van der Waals surface area (Å²) in [6, 6.07) is 14.3. The fourth-order valence-electron chi connectivity index (χ4n) is 2.19. The van der Waals surface area contributed by atoms with Gasteiger partial charge in [0, 0.05) is 23.9 Å². The minimum Gasteiger partial charge on any atom is -0.456 e. The van der Waals surface area contributed by atoms with Crippen LogP contribution in [0.3, 0.4) is 0 Å². The molecule has 0 atom stereocenters. The Morgan fingerprint density at radius 2 is 1.83 bits per heavy atom. The van der Waals surface area contributed by atoms with Crippen molar-refractivity contribution in [1.29, 1.82) is 0 Å². The lowest BCUT2D eigenvalue weighted by Crippen LogP contribution is -2.17. The van der Waals surface area contributed by atoms with Crippen LogP contribution in [0.2, 0.25) is 0 Å². The van der Waals surface area contributed by atoms with E-state index < -0.39 is 0 Å². The molecule has 0 saturated heterocycles. The van der Waals surface area contributed by atoms with Crippen LogP contribution in [0.5, 0.6) is 0 Å². The fourth-order valence-corrected chi connectivity index (χ4v) is 2.19. The number of fused-ring (bicyclic) bond motifs is 3. The molecule has 0 bridgehead atoms. The first kappa shape index (κ1) is 11.3. The molecule has 3 aromatic rings. The van der Waals surface area contributed by atoms with Crippen LogP contribution in [0.15, 0.2) is 46.9 Å². The van der Waals surface area contributed by atoms with Crippen LogP contribution in [0, 0.1) is 0 Å². The minimum absolute atomic E-state index is 0.164. The van der Waals surface area contributed by atoms with E-state index in [1.807, 2.05) is 24.3 Å². The molecule has 0 unspecified atom stereocenters. The molecule has 3 rings (SSSR count). The number of hydrogen-bond donors (Lipinski definition) is 2. The number of rotatable bonds is 4. The van der Waals surface area contributed by atoms with Crippen molar-refractivity contribution in [3.05, 3.63) is 48.0 Å². The molecule has 0 saturated carbocycles. The molecule has 0 aliphatic heterocycles. The number of benzene rings is 2. The van der Waals surface area contributed by atoms with E-state index in [0.717, 1.165) is 28.5 Å². The van der Waals surface area contributed by atoms with Crippen LogP contribution < -0.4 is 5.32 Å². The van der Waals surface area contributed by atoms with Gasteiger partial charge in [-0.15, -0.1) is 0 Å². The summed E-state index contributed by atoms with van der Waals surface area (Å²) in [7, 11) is 0. The highest BCUT2D eigenvalue weighted by Crippen LogP contribution is 2.28. The molecule has 0 aliphatic rings. The predicted octanol–water partition coefficient (Wildman–Crippen LogP) is 2.67. The third-order valence-electron chi connectivity index (χ3n) is 3.06. The second-order valence-corrected chi connectivity index (χ2v) is 4.33. The van der Waals surface area contributed by atoms with Gasteiger partial charge in [0.05, 0.1) is 6.61 Å². The summed E-state index contributed by atoms with van der Waals surface area (Å²) in [4.78, 5) is 0. The summed E-state index contributed by atoms with van der Waals surface area (Å²) in [5.41, 5.74) is 3.04. The summed E-state index contributed by atoms with van der Waals surface area (Å²) in [6.45, 7) is 1.54. The smallest absolute Gasteiger partial charge is 0.135 e. The zero-order valence-electron chi connectivity index (χ0n) is 10.0. The van der Waals surface area contributed by atoms with Gasteiger partial charge in [-0.1, -0.05) is 24.3 Å². The SMILES string of the molecule is OCCNCc1ccc2oc3ccccc3c2c1. The van der Waals surface area contributed by atoms with Gasteiger partial charge in [0.2, 0.25) is 0 Å². The van der Waals surface area contributed by atoms with E-state index in [9.17, 15) is 0 Å². The van der Waals surface area contributed by atoms with E-state index in [4.69, 9.17) is 9.52 Å². The van der Waals surface area contributed by atoms with Crippen molar-refractivity contribution < 1.29 is 9.52 Å². The van der Waals surface area contributed by atoms with Gasteiger partial charge >= 0.3 is 0 Å². The zero-order chi connectivity index (χ0) is 12.4. The summed E-state index contributed by atoms with van der Waals surface area (Å²) in [5.74, 6) is 0. The Balaban J connectivity index is 2.02. The highest BCUT2D eigenvalue weighted by molar-refractivity contribution is 6.04. The highest BCUT2D eigenvalue weighted by atomic mass is 16.3. The zero-order valence-corrected chi connectivity index (χ0v) is 10.0. The van der Waals surface area contributed by atoms with Crippen molar-refractivity contribution in [2.45, 2.75) is 6.54 Å². The van der Waals surface area contributed by atoms with Crippen molar-refractivity contribution in [1.82, 2.24) is 5.32 Å². The Morgan fingerprint density at radius 1 is 1.00 bits per heavy atom. The van der Waals surface area contributed by atoms with Crippen LogP contribution >= 0.6 is 0 Å². The maximum Gasteiger partial charge on any atom is 0.135 e. The van der Waals surface area contributed by atoms with Gasteiger partial charge in [-0.05, 0) is 23.8 Å². The van der Waals surface area contributed by atoms with Crippen LogP contribution in [-0.2, 0) is 6.54 Å². The molecule has 92 valence electrons. The quantitative estimate of drug-likeness (QED) is 0.690. The molecule has 3 nitrogen and oxygen atoms in total. The van der Waals surface area contributed by atoms with E-state index in [1.165, 1.54) is 5.56 Å². The number of aliphatic hydroxyl groups is 1. The van der Waals surface area contributed by atoms with Crippen molar-refractivity contribution in [3.8, 4) is 0 Å². The van der Waals surface area contributed by atoms with Gasteiger partial charge in [0.15, 0.2) is 0 Å². The molecular weight excluding hydrogens is 226 g/mol. The molecule has 0 aliphatic carbocycles. The Bertz CT molecular complexity index is 672. The molecule has 2 N–H and O–H groups in total. The number of para-hydroxylation sites is 1. The van der Waals surface area contributed by atoms with E-state index in [2.05, 4.69) is 23.5 Å². The Morgan fingerprint density at radius 3 is 2.72 bits per heavy atom. The van der Waals surface area contributed by atoms with E-state index in [-0.39, 0.29) is 6.61 Å². The van der Waals surface area contributed by atoms with Crippen LogP contribution in [0.25, 0.3) is 21.9 Å². The Hall–Kier alpha value is -1.84. The molecule has 0 amide bonds. The van der Waals surface area contributed by atoms with Gasteiger partial charge in [-0.3, -0.25) is 0 Å². The first-order chi connectivity index (χ1) is 8.88. The number of hydrogen-bond acceptors (Lipinski definition) is 3. The Labute approximate surface area is 105 Å². The van der Waals surface area contributed by atoms with E-state index >= 15 is 0 Å². The average Bonchev–Trinajstić information content (AvgIpc) is 2.77. The van der Waals surface area contributed by atoms with Crippen molar-refractivity contribution >= 4 is 21.9 Å². The second-order valence-electron chi connectivity index (χ2n) is 4.33. The number of furan rings is 1. The minimum atomic E-state index is 0.164. The summed E-state index contributed by atoms with van der Waals surface area (Å²) in [5, 5.41) is 14.2. The van der Waals surface area contributed by atoms with E-state index in [0.29, 0.717) is 6.54 Å². The van der Waals surface area contributed by atoms with E-state index in [1.54, 1.807) is 0 Å².